The number of methoxy groups -OCH3 is 1. The molecule has 1 aliphatic carbocycles. The summed E-state index contributed by atoms with van der Waals surface area (Å²) in [7, 11) is 1.58. The van der Waals surface area contributed by atoms with Crippen LogP contribution in [0, 0.1) is 0 Å². The van der Waals surface area contributed by atoms with Gasteiger partial charge in [0.2, 0.25) is 5.88 Å². The zero-order valence-electron chi connectivity index (χ0n) is 9.63. The van der Waals surface area contributed by atoms with Gasteiger partial charge in [-0.05, 0) is 25.0 Å². The van der Waals surface area contributed by atoms with Crippen molar-refractivity contribution >= 4 is 5.69 Å². The Morgan fingerprint density at radius 3 is 2.88 bits per heavy atom. The molecule has 88 valence electrons. The van der Waals surface area contributed by atoms with Crippen LogP contribution >= 0.6 is 0 Å². The van der Waals surface area contributed by atoms with E-state index < -0.39 is 0 Å². The van der Waals surface area contributed by atoms with Crippen LogP contribution in [0.5, 0.6) is 5.88 Å². The predicted molar refractivity (Wildman–Crippen MR) is 64.3 cm³/mol. The van der Waals surface area contributed by atoms with Crippen molar-refractivity contribution in [1.29, 1.82) is 0 Å². The molecular formula is C12H14N4O. The molecule has 2 aromatic heterocycles. The number of nitrogens with zero attached hydrogens (tertiary/aromatic N) is 3. The summed E-state index contributed by atoms with van der Waals surface area (Å²) in [6, 6.07) is 5.54. The minimum absolute atomic E-state index is 0.540. The summed E-state index contributed by atoms with van der Waals surface area (Å²) in [5.41, 5.74) is 7.61. The average molecular weight is 230 g/mol. The third-order valence-electron chi connectivity index (χ3n) is 2.91. The fourth-order valence-electron chi connectivity index (χ4n) is 1.79. The fraction of sp³-hybridized carbons (Fsp3) is 0.333. The molecular weight excluding hydrogens is 216 g/mol. The summed E-state index contributed by atoms with van der Waals surface area (Å²) in [5, 5.41) is 4.50. The van der Waals surface area contributed by atoms with Crippen molar-refractivity contribution in [2.24, 2.45) is 0 Å². The summed E-state index contributed by atoms with van der Waals surface area (Å²) in [4.78, 5) is 4.31. The van der Waals surface area contributed by atoms with E-state index in [0.29, 0.717) is 23.3 Å². The highest BCUT2D eigenvalue weighted by atomic mass is 16.5. The molecule has 0 unspecified atom stereocenters. The van der Waals surface area contributed by atoms with Gasteiger partial charge in [-0.2, -0.15) is 10.1 Å². The predicted octanol–water partition coefficient (Wildman–Crippen LogP) is 1.74. The van der Waals surface area contributed by atoms with E-state index in [-0.39, 0.29) is 0 Å². The van der Waals surface area contributed by atoms with Gasteiger partial charge in [0.15, 0.2) is 5.82 Å². The molecule has 1 saturated carbocycles. The molecule has 0 radical (unpaired) electrons. The number of rotatable bonds is 3. The Kier molecular flexibility index (Phi) is 2.24. The lowest BCUT2D eigenvalue weighted by Crippen LogP contribution is -2.04. The van der Waals surface area contributed by atoms with Crippen molar-refractivity contribution in [3.8, 4) is 11.7 Å². The molecule has 1 fully saturated rings. The molecule has 0 atom stereocenters. The van der Waals surface area contributed by atoms with Crippen molar-refractivity contribution in [3.05, 3.63) is 30.1 Å². The Hall–Kier alpha value is -2.04. The van der Waals surface area contributed by atoms with Crippen molar-refractivity contribution < 1.29 is 4.74 Å². The van der Waals surface area contributed by atoms with E-state index in [4.69, 9.17) is 10.5 Å². The van der Waals surface area contributed by atoms with E-state index in [9.17, 15) is 0 Å². The van der Waals surface area contributed by atoms with Crippen LogP contribution in [0.25, 0.3) is 5.82 Å². The van der Waals surface area contributed by atoms with Gasteiger partial charge in [0.05, 0.1) is 18.5 Å². The molecule has 3 rings (SSSR count). The lowest BCUT2D eigenvalue weighted by atomic mass is 10.3. The average Bonchev–Trinajstić information content (AvgIpc) is 3.09. The van der Waals surface area contributed by atoms with Gasteiger partial charge in [0, 0.05) is 18.2 Å². The quantitative estimate of drug-likeness (QED) is 0.872. The number of pyridine rings is 1. The first-order valence-corrected chi connectivity index (χ1v) is 5.64. The van der Waals surface area contributed by atoms with Gasteiger partial charge in [-0.15, -0.1) is 0 Å². The minimum Gasteiger partial charge on any atom is -0.481 e. The topological polar surface area (TPSA) is 66.0 Å². The number of hydrogen-bond donors (Lipinski definition) is 1. The van der Waals surface area contributed by atoms with Gasteiger partial charge in [0.25, 0.3) is 0 Å². The molecule has 5 heteroatoms. The molecule has 2 heterocycles. The molecule has 2 N–H and O–H groups in total. The van der Waals surface area contributed by atoms with E-state index >= 15 is 0 Å². The molecule has 0 spiro atoms. The summed E-state index contributed by atoms with van der Waals surface area (Å²) in [6.45, 7) is 0. The summed E-state index contributed by atoms with van der Waals surface area (Å²) >= 11 is 0. The summed E-state index contributed by atoms with van der Waals surface area (Å²) < 4.78 is 6.80. The molecule has 17 heavy (non-hydrogen) atoms. The maximum Gasteiger partial charge on any atom is 0.215 e. The molecule has 2 aromatic rings. The molecule has 0 saturated heterocycles. The van der Waals surface area contributed by atoms with Gasteiger partial charge in [-0.25, -0.2) is 4.68 Å². The van der Waals surface area contributed by atoms with Gasteiger partial charge in [-0.3, -0.25) is 0 Å². The standard InChI is InChI=1S/C12H14N4O/c1-17-11-5-4-9(13)12(14-11)16-7-6-10(15-16)8-2-3-8/h4-8H,2-3,13H2,1H3. The number of nitrogens with two attached hydrogens (primary N) is 1. The van der Waals surface area contributed by atoms with Crippen molar-refractivity contribution in [1.82, 2.24) is 14.8 Å². The molecule has 0 aliphatic heterocycles. The van der Waals surface area contributed by atoms with Gasteiger partial charge in [0.1, 0.15) is 0 Å². The fourth-order valence-corrected chi connectivity index (χ4v) is 1.79. The van der Waals surface area contributed by atoms with Crippen molar-refractivity contribution in [2.75, 3.05) is 12.8 Å². The Balaban J connectivity index is 2.00. The smallest absolute Gasteiger partial charge is 0.215 e. The maximum atomic E-state index is 5.90. The van der Waals surface area contributed by atoms with Crippen LogP contribution in [-0.2, 0) is 0 Å². The van der Waals surface area contributed by atoms with E-state index in [1.54, 1.807) is 23.9 Å². The normalized spacial score (nSPS) is 14.9. The highest BCUT2D eigenvalue weighted by molar-refractivity contribution is 5.53. The van der Waals surface area contributed by atoms with Crippen LogP contribution in [0.1, 0.15) is 24.5 Å². The van der Waals surface area contributed by atoms with Crippen LogP contribution in [0.4, 0.5) is 5.69 Å². The second-order valence-corrected chi connectivity index (χ2v) is 4.23. The van der Waals surface area contributed by atoms with E-state index in [1.807, 2.05) is 12.3 Å². The van der Waals surface area contributed by atoms with Crippen molar-refractivity contribution in [2.45, 2.75) is 18.8 Å². The van der Waals surface area contributed by atoms with E-state index in [2.05, 4.69) is 10.1 Å². The lowest BCUT2D eigenvalue weighted by molar-refractivity contribution is 0.397. The number of ether oxygens (including phenoxy) is 1. The van der Waals surface area contributed by atoms with E-state index in [0.717, 1.165) is 5.69 Å². The maximum absolute atomic E-state index is 5.90. The molecule has 5 nitrogen and oxygen atoms in total. The molecule has 0 amide bonds. The first-order chi connectivity index (χ1) is 8.28. The van der Waals surface area contributed by atoms with Gasteiger partial charge >= 0.3 is 0 Å². The largest absolute Gasteiger partial charge is 0.481 e. The van der Waals surface area contributed by atoms with E-state index in [1.165, 1.54) is 12.8 Å². The first-order valence-electron chi connectivity index (χ1n) is 5.64. The zero-order valence-corrected chi connectivity index (χ0v) is 9.63. The van der Waals surface area contributed by atoms with Crippen LogP contribution < -0.4 is 10.5 Å². The van der Waals surface area contributed by atoms with Gasteiger partial charge in [-0.1, -0.05) is 0 Å². The van der Waals surface area contributed by atoms with Gasteiger partial charge < -0.3 is 10.5 Å². The lowest BCUT2D eigenvalue weighted by Gasteiger charge is -2.06. The number of anilines is 1. The highest BCUT2D eigenvalue weighted by Crippen LogP contribution is 2.39. The van der Waals surface area contributed by atoms with Crippen LogP contribution in [-0.4, -0.2) is 21.9 Å². The molecule has 1 aliphatic rings. The molecule has 0 aromatic carbocycles. The van der Waals surface area contributed by atoms with Crippen LogP contribution in [0.15, 0.2) is 24.4 Å². The monoisotopic (exact) mass is 230 g/mol. The first kappa shape index (κ1) is 10.1. The van der Waals surface area contributed by atoms with Crippen LogP contribution in [0.3, 0.4) is 0 Å². The second-order valence-electron chi connectivity index (χ2n) is 4.23. The Bertz CT molecular complexity index is 545. The Labute approximate surface area is 99.2 Å². The number of nitrogen functional groups attached to an aromatic ring is 1. The molecule has 0 bridgehead atoms. The zero-order chi connectivity index (χ0) is 11.8. The van der Waals surface area contributed by atoms with Crippen molar-refractivity contribution in [3.63, 3.8) is 0 Å². The summed E-state index contributed by atoms with van der Waals surface area (Å²) in [5.74, 6) is 1.79. The Morgan fingerprint density at radius 1 is 1.35 bits per heavy atom. The third kappa shape index (κ3) is 1.84. The third-order valence-corrected chi connectivity index (χ3v) is 2.91. The summed E-state index contributed by atoms with van der Waals surface area (Å²) in [6.07, 6.45) is 4.36. The van der Waals surface area contributed by atoms with Crippen LogP contribution in [0.2, 0.25) is 0 Å². The SMILES string of the molecule is COc1ccc(N)c(-n2ccc(C3CC3)n2)n1. The number of hydrogen-bond acceptors (Lipinski definition) is 4. The second kappa shape index (κ2) is 3.76. The number of aromatic nitrogens is 3. The minimum atomic E-state index is 0.540. The highest BCUT2D eigenvalue weighted by Gasteiger charge is 2.26. The Morgan fingerprint density at radius 2 is 2.18 bits per heavy atom.